The Bertz CT molecular complexity index is 1080. The first-order chi connectivity index (χ1) is 15.4. The maximum Gasteiger partial charge on any atom is 0.257 e. The monoisotopic (exact) mass is 431 g/mol. The van der Waals surface area contributed by atoms with E-state index >= 15 is 0 Å². The van der Waals surface area contributed by atoms with Crippen molar-refractivity contribution in [2.75, 3.05) is 26.2 Å². The molecule has 0 saturated carbocycles. The summed E-state index contributed by atoms with van der Waals surface area (Å²) in [6.45, 7) is 6.78. The van der Waals surface area contributed by atoms with Gasteiger partial charge in [0.1, 0.15) is 5.69 Å². The molecular formula is C25H29N5O2. The highest BCUT2D eigenvalue weighted by Gasteiger charge is 2.29. The van der Waals surface area contributed by atoms with Crippen molar-refractivity contribution < 1.29 is 9.59 Å². The quantitative estimate of drug-likeness (QED) is 0.650. The second-order valence-electron chi connectivity index (χ2n) is 8.35. The molecule has 0 spiro atoms. The Kier molecular flexibility index (Phi) is 6.37. The van der Waals surface area contributed by atoms with Gasteiger partial charge < -0.3 is 10.6 Å². The SMILES string of the molecule is Cc1ccc(-c2nn(Cc3ccccc3)cc2C(=O)N2CCN(C(C)C(N)=O)CC2)cc1. The lowest BCUT2D eigenvalue weighted by Crippen LogP contribution is -2.54. The van der Waals surface area contributed by atoms with Crippen LogP contribution in [0, 0.1) is 6.92 Å². The highest BCUT2D eigenvalue weighted by molar-refractivity contribution is 6.00. The van der Waals surface area contributed by atoms with Crippen molar-refractivity contribution in [2.24, 2.45) is 5.73 Å². The maximum atomic E-state index is 13.5. The van der Waals surface area contributed by atoms with Gasteiger partial charge in [-0.05, 0) is 19.4 Å². The first-order valence-electron chi connectivity index (χ1n) is 10.9. The van der Waals surface area contributed by atoms with E-state index in [9.17, 15) is 9.59 Å². The highest BCUT2D eigenvalue weighted by atomic mass is 16.2. The van der Waals surface area contributed by atoms with Crippen LogP contribution in [0.5, 0.6) is 0 Å². The number of benzene rings is 2. The molecule has 3 aromatic rings. The van der Waals surface area contributed by atoms with E-state index in [2.05, 4.69) is 0 Å². The van der Waals surface area contributed by atoms with Gasteiger partial charge in [0.25, 0.3) is 5.91 Å². The smallest absolute Gasteiger partial charge is 0.257 e. The van der Waals surface area contributed by atoms with Gasteiger partial charge >= 0.3 is 0 Å². The lowest BCUT2D eigenvalue weighted by Gasteiger charge is -2.36. The maximum absolute atomic E-state index is 13.5. The van der Waals surface area contributed by atoms with Crippen LogP contribution in [0.2, 0.25) is 0 Å². The molecule has 166 valence electrons. The molecule has 4 rings (SSSR count). The number of rotatable bonds is 6. The predicted molar refractivity (Wildman–Crippen MR) is 124 cm³/mol. The van der Waals surface area contributed by atoms with Crippen LogP contribution in [0.3, 0.4) is 0 Å². The van der Waals surface area contributed by atoms with E-state index in [0.717, 1.165) is 16.7 Å². The predicted octanol–water partition coefficient (Wildman–Crippen LogP) is 2.54. The Hall–Kier alpha value is -3.45. The fraction of sp³-hybridized carbons (Fsp3) is 0.320. The Morgan fingerprint density at radius 2 is 1.66 bits per heavy atom. The van der Waals surface area contributed by atoms with Crippen LogP contribution in [0.4, 0.5) is 0 Å². The van der Waals surface area contributed by atoms with Crippen LogP contribution in [-0.4, -0.2) is 63.6 Å². The number of piperazine rings is 1. The summed E-state index contributed by atoms with van der Waals surface area (Å²) in [5.41, 5.74) is 9.94. The van der Waals surface area contributed by atoms with E-state index in [1.807, 2.05) is 89.1 Å². The van der Waals surface area contributed by atoms with Gasteiger partial charge in [-0.15, -0.1) is 0 Å². The molecule has 7 heteroatoms. The minimum atomic E-state index is -0.339. The lowest BCUT2D eigenvalue weighted by molar-refractivity contribution is -0.123. The van der Waals surface area contributed by atoms with Crippen molar-refractivity contribution in [3.8, 4) is 11.3 Å². The van der Waals surface area contributed by atoms with Crippen LogP contribution in [0.15, 0.2) is 60.8 Å². The zero-order chi connectivity index (χ0) is 22.7. The molecule has 1 unspecified atom stereocenters. The van der Waals surface area contributed by atoms with E-state index in [1.165, 1.54) is 0 Å². The number of nitrogens with two attached hydrogens (primary N) is 1. The first-order valence-corrected chi connectivity index (χ1v) is 10.9. The Morgan fingerprint density at radius 1 is 1.00 bits per heavy atom. The molecule has 1 atom stereocenters. The molecule has 2 heterocycles. The molecule has 2 aromatic carbocycles. The number of carbonyl (C=O) groups excluding carboxylic acids is 2. The Morgan fingerprint density at radius 3 is 2.28 bits per heavy atom. The summed E-state index contributed by atoms with van der Waals surface area (Å²) in [5, 5.41) is 4.79. The number of nitrogens with zero attached hydrogens (tertiary/aromatic N) is 4. The summed E-state index contributed by atoms with van der Waals surface area (Å²) in [6, 6.07) is 17.8. The summed E-state index contributed by atoms with van der Waals surface area (Å²) in [6.07, 6.45) is 1.85. The van der Waals surface area contributed by atoms with Crippen molar-refractivity contribution in [3.05, 3.63) is 77.5 Å². The van der Waals surface area contributed by atoms with Crippen LogP contribution in [0.1, 0.15) is 28.4 Å². The van der Waals surface area contributed by atoms with Crippen molar-refractivity contribution in [2.45, 2.75) is 26.4 Å². The van der Waals surface area contributed by atoms with Crippen molar-refractivity contribution in [1.82, 2.24) is 19.6 Å². The van der Waals surface area contributed by atoms with Gasteiger partial charge in [-0.3, -0.25) is 19.2 Å². The average Bonchev–Trinajstić information content (AvgIpc) is 3.23. The van der Waals surface area contributed by atoms with Gasteiger partial charge in [0.05, 0.1) is 18.2 Å². The van der Waals surface area contributed by atoms with Crippen molar-refractivity contribution >= 4 is 11.8 Å². The molecule has 2 N–H and O–H groups in total. The number of hydrogen-bond donors (Lipinski definition) is 1. The molecule has 1 saturated heterocycles. The standard InChI is InChI=1S/C25H29N5O2/c1-18-8-10-21(11-9-18)23-22(17-30(27-23)16-20-6-4-3-5-7-20)25(32)29-14-12-28(13-15-29)19(2)24(26)31/h3-11,17,19H,12-16H2,1-2H3,(H2,26,31). The first kappa shape index (κ1) is 21.8. The largest absolute Gasteiger partial charge is 0.368 e. The fourth-order valence-corrected chi connectivity index (χ4v) is 4.02. The minimum Gasteiger partial charge on any atom is -0.368 e. The fourth-order valence-electron chi connectivity index (χ4n) is 4.02. The number of aromatic nitrogens is 2. The van der Waals surface area contributed by atoms with Crippen LogP contribution in [0.25, 0.3) is 11.3 Å². The number of primary amides is 1. The van der Waals surface area contributed by atoms with Crippen LogP contribution in [-0.2, 0) is 11.3 Å². The molecule has 2 amide bonds. The van der Waals surface area contributed by atoms with Gasteiger partial charge in [-0.1, -0.05) is 60.2 Å². The Labute approximate surface area is 188 Å². The van der Waals surface area contributed by atoms with Crippen LogP contribution < -0.4 is 5.73 Å². The molecule has 1 aliphatic heterocycles. The summed E-state index contributed by atoms with van der Waals surface area (Å²) in [7, 11) is 0. The lowest BCUT2D eigenvalue weighted by atomic mass is 10.1. The third-order valence-corrected chi connectivity index (χ3v) is 6.07. The molecule has 0 aliphatic carbocycles. The minimum absolute atomic E-state index is 0.0359. The molecule has 32 heavy (non-hydrogen) atoms. The second kappa shape index (κ2) is 9.36. The van der Waals surface area contributed by atoms with E-state index in [1.54, 1.807) is 0 Å². The number of carbonyl (C=O) groups is 2. The second-order valence-corrected chi connectivity index (χ2v) is 8.35. The number of aryl methyl sites for hydroxylation is 1. The van der Waals surface area contributed by atoms with Crippen molar-refractivity contribution in [3.63, 3.8) is 0 Å². The third kappa shape index (κ3) is 4.73. The van der Waals surface area contributed by atoms with Gasteiger partial charge in [0.15, 0.2) is 0 Å². The highest BCUT2D eigenvalue weighted by Crippen LogP contribution is 2.25. The zero-order valence-corrected chi connectivity index (χ0v) is 18.6. The zero-order valence-electron chi connectivity index (χ0n) is 18.6. The van der Waals surface area contributed by atoms with Gasteiger partial charge in [-0.25, -0.2) is 0 Å². The molecule has 0 radical (unpaired) electrons. The van der Waals surface area contributed by atoms with E-state index in [-0.39, 0.29) is 17.9 Å². The molecule has 1 fully saturated rings. The molecule has 0 bridgehead atoms. The van der Waals surface area contributed by atoms with E-state index in [0.29, 0.717) is 44.0 Å². The number of hydrogen-bond acceptors (Lipinski definition) is 4. The normalized spacial score (nSPS) is 15.5. The summed E-state index contributed by atoms with van der Waals surface area (Å²) < 4.78 is 1.84. The Balaban J connectivity index is 1.59. The summed E-state index contributed by atoms with van der Waals surface area (Å²) in [4.78, 5) is 28.9. The van der Waals surface area contributed by atoms with Crippen LogP contribution >= 0.6 is 0 Å². The van der Waals surface area contributed by atoms with E-state index < -0.39 is 0 Å². The molecular weight excluding hydrogens is 402 g/mol. The average molecular weight is 432 g/mol. The topological polar surface area (TPSA) is 84.5 Å². The van der Waals surface area contributed by atoms with E-state index in [4.69, 9.17) is 10.8 Å². The molecule has 7 nitrogen and oxygen atoms in total. The third-order valence-electron chi connectivity index (χ3n) is 6.07. The van der Waals surface area contributed by atoms with Gasteiger partial charge in [-0.2, -0.15) is 5.10 Å². The molecule has 1 aromatic heterocycles. The number of amides is 2. The van der Waals surface area contributed by atoms with Gasteiger partial charge in [0, 0.05) is 37.9 Å². The van der Waals surface area contributed by atoms with Gasteiger partial charge in [0.2, 0.25) is 5.91 Å². The summed E-state index contributed by atoms with van der Waals surface area (Å²) in [5.74, 6) is -0.375. The summed E-state index contributed by atoms with van der Waals surface area (Å²) >= 11 is 0. The van der Waals surface area contributed by atoms with Crippen molar-refractivity contribution in [1.29, 1.82) is 0 Å². The molecule has 1 aliphatic rings.